The first kappa shape index (κ1) is 32.2. The van der Waals surface area contributed by atoms with Gasteiger partial charge in [0, 0.05) is 5.56 Å². The fraction of sp³-hybridized carbons (Fsp3) is 0. The van der Waals surface area contributed by atoms with Gasteiger partial charge >= 0.3 is 0 Å². The van der Waals surface area contributed by atoms with Crippen LogP contribution >= 0.6 is 0 Å². The number of phenolic OH excluding ortho intramolecular Hbond substituents is 5. The lowest BCUT2D eigenvalue weighted by molar-refractivity contribution is 0.330. The van der Waals surface area contributed by atoms with Crippen LogP contribution in [-0.4, -0.2) is 25.5 Å². The van der Waals surface area contributed by atoms with Crippen LogP contribution in [0.4, 0.5) is 0 Å². The van der Waals surface area contributed by atoms with Crippen LogP contribution in [0.5, 0.6) is 28.7 Å². The molecule has 0 unspecified atom stereocenters. The Labute approximate surface area is 315 Å². The minimum absolute atomic E-state index is 0.173. The summed E-state index contributed by atoms with van der Waals surface area (Å²) < 4.78 is 0. The first-order valence-electron chi connectivity index (χ1n) is 18.1. The fourth-order valence-corrected chi connectivity index (χ4v) is 8.43. The molecule has 5 nitrogen and oxygen atoms in total. The Hall–Kier alpha value is -7.50. The molecular formula is C50H32O5. The Balaban J connectivity index is 1.16. The molecule has 0 bridgehead atoms. The molecular weight excluding hydrogens is 681 g/mol. The largest absolute Gasteiger partial charge is 0.504 e. The second-order valence-electron chi connectivity index (χ2n) is 14.0. The van der Waals surface area contributed by atoms with E-state index in [1.807, 2.05) is 48.5 Å². The van der Waals surface area contributed by atoms with E-state index in [1.54, 1.807) is 0 Å². The number of rotatable bonds is 4. The van der Waals surface area contributed by atoms with Crippen molar-refractivity contribution in [2.24, 2.45) is 0 Å². The molecule has 5 N–H and O–H groups in total. The van der Waals surface area contributed by atoms with Gasteiger partial charge in [0.2, 0.25) is 17.2 Å². The molecule has 0 aliphatic carbocycles. The predicted molar refractivity (Wildman–Crippen MR) is 224 cm³/mol. The zero-order valence-corrected chi connectivity index (χ0v) is 29.3. The van der Waals surface area contributed by atoms with Gasteiger partial charge in [-0.25, -0.2) is 0 Å². The molecule has 0 radical (unpaired) electrons. The highest BCUT2D eigenvalue weighted by Crippen LogP contribution is 2.57. The fourth-order valence-electron chi connectivity index (χ4n) is 8.43. The molecule has 0 amide bonds. The predicted octanol–water partition coefficient (Wildman–Crippen LogP) is 12.6. The lowest BCUT2D eigenvalue weighted by Gasteiger charge is -2.20. The topological polar surface area (TPSA) is 101 Å². The Bertz CT molecular complexity index is 3110. The molecule has 0 saturated heterocycles. The lowest BCUT2D eigenvalue weighted by atomic mass is 9.84. The second kappa shape index (κ2) is 12.3. The van der Waals surface area contributed by atoms with Crippen molar-refractivity contribution in [3.8, 4) is 73.3 Å². The van der Waals surface area contributed by atoms with Crippen LogP contribution in [0.15, 0.2) is 164 Å². The number of benzene rings is 10. The van der Waals surface area contributed by atoms with Gasteiger partial charge in [0.15, 0.2) is 11.5 Å². The van der Waals surface area contributed by atoms with Crippen molar-refractivity contribution >= 4 is 53.9 Å². The molecule has 0 aromatic heterocycles. The van der Waals surface area contributed by atoms with E-state index in [4.69, 9.17) is 0 Å². The summed E-state index contributed by atoms with van der Waals surface area (Å²) in [6.45, 7) is 0. The quantitative estimate of drug-likeness (QED) is 0.0541. The number of hydrogen-bond acceptors (Lipinski definition) is 5. The van der Waals surface area contributed by atoms with Crippen LogP contribution in [0.3, 0.4) is 0 Å². The number of hydrogen-bond donors (Lipinski definition) is 5. The molecule has 0 heterocycles. The number of phenols is 5. The van der Waals surface area contributed by atoms with Crippen LogP contribution in [-0.2, 0) is 0 Å². The van der Waals surface area contributed by atoms with E-state index in [1.165, 1.54) is 27.1 Å². The van der Waals surface area contributed by atoms with Gasteiger partial charge in [-0.1, -0.05) is 152 Å². The van der Waals surface area contributed by atoms with Crippen molar-refractivity contribution in [1.29, 1.82) is 0 Å². The maximum Gasteiger partial charge on any atom is 0.208 e. The van der Waals surface area contributed by atoms with Gasteiger partial charge in [-0.15, -0.1) is 0 Å². The highest BCUT2D eigenvalue weighted by Gasteiger charge is 2.28. The third-order valence-corrected chi connectivity index (χ3v) is 11.0. The van der Waals surface area contributed by atoms with Crippen molar-refractivity contribution in [2.75, 3.05) is 0 Å². The average Bonchev–Trinajstić information content (AvgIpc) is 3.24. The molecule has 0 aliphatic heterocycles. The summed E-state index contributed by atoms with van der Waals surface area (Å²) in [5.41, 5.74) is 6.71. The van der Waals surface area contributed by atoms with E-state index in [2.05, 4.69) is 115 Å². The molecule has 0 saturated carbocycles. The highest BCUT2D eigenvalue weighted by atomic mass is 16.4. The zero-order valence-electron chi connectivity index (χ0n) is 29.3. The van der Waals surface area contributed by atoms with Crippen LogP contribution in [0.1, 0.15) is 0 Å². The van der Waals surface area contributed by atoms with Gasteiger partial charge in [-0.2, -0.15) is 0 Å². The molecule has 262 valence electrons. The standard InChI is InChI=1S/C50H32O5/c51-46-45(47(52)49(54)50(55)48(46)53)44-39-17-7-5-15-37(39)43(38-16-6-8-18-40(38)44)32-25-24-28-11-9-19-33(41(28)27-32)29-20-22-30(23-21-29)42-26-31-10-1-2-12-34(31)35-13-3-4-14-36(35)42/h1-27,51-55H. The first-order chi connectivity index (χ1) is 26.9. The van der Waals surface area contributed by atoms with E-state index < -0.39 is 28.7 Å². The second-order valence-corrected chi connectivity index (χ2v) is 14.0. The minimum atomic E-state index is -0.993. The number of aromatic hydroxyl groups is 5. The monoisotopic (exact) mass is 712 g/mol. The lowest BCUT2D eigenvalue weighted by Crippen LogP contribution is -1.92. The smallest absolute Gasteiger partial charge is 0.208 e. The Morgan fingerprint density at radius 2 is 0.691 bits per heavy atom. The molecule has 10 aromatic carbocycles. The van der Waals surface area contributed by atoms with Crippen molar-refractivity contribution < 1.29 is 25.5 Å². The summed E-state index contributed by atoms with van der Waals surface area (Å²) in [5.74, 6) is -4.28. The SMILES string of the molecule is Oc1c(O)c(O)c(-c2c3ccccc3c(-c3ccc4cccc(-c5ccc(-c6cc7ccccc7c7ccccc67)cc5)c4c3)c3ccccc23)c(O)c1O. The third-order valence-electron chi connectivity index (χ3n) is 11.0. The van der Waals surface area contributed by atoms with Gasteiger partial charge in [0.1, 0.15) is 0 Å². The van der Waals surface area contributed by atoms with E-state index >= 15 is 0 Å². The highest BCUT2D eigenvalue weighted by molar-refractivity contribution is 6.23. The van der Waals surface area contributed by atoms with Gasteiger partial charge in [0.05, 0.1) is 5.56 Å². The summed E-state index contributed by atoms with van der Waals surface area (Å²) in [6, 6.07) is 56.4. The average molecular weight is 713 g/mol. The van der Waals surface area contributed by atoms with Crippen LogP contribution in [0.25, 0.3) is 98.4 Å². The van der Waals surface area contributed by atoms with Crippen LogP contribution in [0, 0.1) is 0 Å². The minimum Gasteiger partial charge on any atom is -0.504 e. The van der Waals surface area contributed by atoms with Gasteiger partial charge in [-0.3, -0.25) is 0 Å². The maximum absolute atomic E-state index is 11.1. The Kier molecular flexibility index (Phi) is 7.19. The molecule has 5 heteroatoms. The molecule has 55 heavy (non-hydrogen) atoms. The van der Waals surface area contributed by atoms with Gasteiger partial charge in [-0.05, 0) is 99.4 Å². The van der Waals surface area contributed by atoms with E-state index in [-0.39, 0.29) is 5.56 Å². The summed E-state index contributed by atoms with van der Waals surface area (Å²) in [4.78, 5) is 0. The van der Waals surface area contributed by atoms with Crippen molar-refractivity contribution in [3.05, 3.63) is 164 Å². The van der Waals surface area contributed by atoms with Crippen LogP contribution < -0.4 is 0 Å². The third kappa shape index (κ3) is 4.87. The Morgan fingerprint density at radius 1 is 0.236 bits per heavy atom. The molecule has 0 spiro atoms. The molecule has 0 atom stereocenters. The summed E-state index contributed by atoms with van der Waals surface area (Å²) in [7, 11) is 0. The normalized spacial score (nSPS) is 11.6. The van der Waals surface area contributed by atoms with Crippen molar-refractivity contribution in [2.45, 2.75) is 0 Å². The van der Waals surface area contributed by atoms with E-state index in [9.17, 15) is 25.5 Å². The van der Waals surface area contributed by atoms with E-state index in [0.29, 0.717) is 16.3 Å². The van der Waals surface area contributed by atoms with Gasteiger partial charge in [0.25, 0.3) is 0 Å². The van der Waals surface area contributed by atoms with E-state index in [0.717, 1.165) is 49.4 Å². The van der Waals surface area contributed by atoms with Crippen molar-refractivity contribution in [3.63, 3.8) is 0 Å². The number of fused-ring (bicyclic) bond motifs is 6. The zero-order chi connectivity index (χ0) is 37.4. The first-order valence-corrected chi connectivity index (χ1v) is 18.1. The Morgan fingerprint density at radius 3 is 1.31 bits per heavy atom. The molecule has 10 aromatic rings. The summed E-state index contributed by atoms with van der Waals surface area (Å²) in [5, 5.41) is 63.5. The van der Waals surface area contributed by atoms with Crippen LogP contribution in [0.2, 0.25) is 0 Å². The van der Waals surface area contributed by atoms with Crippen molar-refractivity contribution in [1.82, 2.24) is 0 Å². The summed E-state index contributed by atoms with van der Waals surface area (Å²) >= 11 is 0. The molecule has 0 fully saturated rings. The molecule has 0 aliphatic rings. The molecule has 10 rings (SSSR count). The maximum atomic E-state index is 11.1. The van der Waals surface area contributed by atoms with Gasteiger partial charge < -0.3 is 25.5 Å². The summed E-state index contributed by atoms with van der Waals surface area (Å²) in [6.07, 6.45) is 0.